The summed E-state index contributed by atoms with van der Waals surface area (Å²) in [7, 11) is 1.59. The molecule has 7 heteroatoms. The van der Waals surface area contributed by atoms with E-state index in [1.54, 1.807) is 19.2 Å². The number of hydrogen-bond acceptors (Lipinski definition) is 4. The van der Waals surface area contributed by atoms with Crippen LogP contribution in [-0.2, 0) is 9.59 Å². The van der Waals surface area contributed by atoms with Gasteiger partial charge in [0.15, 0.2) is 5.82 Å². The third-order valence-corrected chi connectivity index (χ3v) is 4.17. The Labute approximate surface area is 146 Å². The van der Waals surface area contributed by atoms with Gasteiger partial charge in [-0.1, -0.05) is 12.1 Å². The van der Waals surface area contributed by atoms with Gasteiger partial charge in [-0.2, -0.15) is 5.10 Å². The van der Waals surface area contributed by atoms with Crippen LogP contribution in [0.3, 0.4) is 0 Å². The molecule has 1 fully saturated rings. The van der Waals surface area contributed by atoms with Gasteiger partial charge in [0.2, 0.25) is 11.8 Å². The van der Waals surface area contributed by atoms with Crippen LogP contribution in [0.2, 0.25) is 0 Å². The Bertz CT molecular complexity index is 750. The summed E-state index contributed by atoms with van der Waals surface area (Å²) in [6.07, 6.45) is 2.45. The van der Waals surface area contributed by atoms with E-state index in [9.17, 15) is 9.59 Å². The van der Waals surface area contributed by atoms with Gasteiger partial charge in [-0.3, -0.25) is 14.7 Å². The molecule has 3 N–H and O–H groups in total. The van der Waals surface area contributed by atoms with E-state index >= 15 is 0 Å². The number of benzene rings is 1. The van der Waals surface area contributed by atoms with E-state index in [-0.39, 0.29) is 18.2 Å². The average molecular weight is 342 g/mol. The topological polar surface area (TPSA) is 96.1 Å². The minimum atomic E-state index is -0.412. The van der Waals surface area contributed by atoms with Crippen molar-refractivity contribution in [2.45, 2.75) is 38.1 Å². The summed E-state index contributed by atoms with van der Waals surface area (Å²) in [5, 5.41) is 12.7. The van der Waals surface area contributed by atoms with Crippen molar-refractivity contribution in [1.82, 2.24) is 15.5 Å². The lowest BCUT2D eigenvalue weighted by molar-refractivity contribution is -0.120. The van der Waals surface area contributed by atoms with Crippen LogP contribution in [0.15, 0.2) is 30.3 Å². The summed E-state index contributed by atoms with van der Waals surface area (Å²) in [4.78, 5) is 23.8. The standard InChI is InChI=1S/C18H22N4O3/c1-11(23)19-15(12-5-7-14(25-2)8-6-12)10-18(24)20-17-9-16(21-22-17)13-3-4-13/h5-9,13,15H,3-4,10H2,1-2H3,(H,19,23)(H2,20,21,22,24). The number of methoxy groups -OCH3 is 1. The van der Waals surface area contributed by atoms with E-state index in [1.165, 1.54) is 6.92 Å². The zero-order valence-electron chi connectivity index (χ0n) is 14.3. The lowest BCUT2D eigenvalue weighted by atomic mass is 10.0. The molecule has 1 atom stereocenters. The van der Waals surface area contributed by atoms with Crippen LogP contribution in [0.1, 0.15) is 49.4 Å². The lowest BCUT2D eigenvalue weighted by Crippen LogP contribution is -2.29. The molecule has 1 heterocycles. The summed E-state index contributed by atoms with van der Waals surface area (Å²) >= 11 is 0. The molecular weight excluding hydrogens is 320 g/mol. The number of aromatic nitrogens is 2. The van der Waals surface area contributed by atoms with Gasteiger partial charge in [-0.15, -0.1) is 0 Å². The summed E-state index contributed by atoms with van der Waals surface area (Å²) in [5.41, 5.74) is 1.90. The normalized spacial score (nSPS) is 14.6. The van der Waals surface area contributed by atoms with Crippen molar-refractivity contribution in [2.75, 3.05) is 12.4 Å². The minimum Gasteiger partial charge on any atom is -0.497 e. The first-order chi connectivity index (χ1) is 12.0. The van der Waals surface area contributed by atoms with Crippen LogP contribution in [0.5, 0.6) is 5.75 Å². The van der Waals surface area contributed by atoms with Gasteiger partial charge in [0.05, 0.1) is 19.6 Å². The number of hydrogen-bond donors (Lipinski definition) is 3. The maximum Gasteiger partial charge on any atom is 0.227 e. The smallest absolute Gasteiger partial charge is 0.227 e. The fourth-order valence-corrected chi connectivity index (χ4v) is 2.72. The van der Waals surface area contributed by atoms with Crippen LogP contribution >= 0.6 is 0 Å². The Morgan fingerprint density at radius 2 is 2.04 bits per heavy atom. The molecule has 25 heavy (non-hydrogen) atoms. The number of H-pyrrole nitrogens is 1. The van der Waals surface area contributed by atoms with E-state index in [0.717, 1.165) is 29.8 Å². The number of carbonyl (C=O) groups is 2. The van der Waals surface area contributed by atoms with Crippen LogP contribution in [0.25, 0.3) is 0 Å². The number of anilines is 1. The van der Waals surface area contributed by atoms with Crippen molar-refractivity contribution < 1.29 is 14.3 Å². The second-order valence-electron chi connectivity index (χ2n) is 6.26. The quantitative estimate of drug-likeness (QED) is 0.720. The first-order valence-electron chi connectivity index (χ1n) is 8.31. The van der Waals surface area contributed by atoms with Crippen molar-refractivity contribution in [2.24, 2.45) is 0 Å². The molecule has 1 aromatic carbocycles. The molecule has 3 rings (SSSR count). The highest BCUT2D eigenvalue weighted by Gasteiger charge is 2.26. The number of aromatic amines is 1. The van der Waals surface area contributed by atoms with Crippen LogP contribution in [-0.4, -0.2) is 29.1 Å². The summed E-state index contributed by atoms with van der Waals surface area (Å²) in [6.45, 7) is 1.43. The van der Waals surface area contributed by atoms with E-state index < -0.39 is 6.04 Å². The molecule has 0 radical (unpaired) electrons. The third-order valence-electron chi connectivity index (χ3n) is 4.17. The van der Waals surface area contributed by atoms with Crippen molar-refractivity contribution in [1.29, 1.82) is 0 Å². The molecule has 1 aliphatic carbocycles. The van der Waals surface area contributed by atoms with Gasteiger partial charge in [0.25, 0.3) is 0 Å². The predicted molar refractivity (Wildman–Crippen MR) is 93.4 cm³/mol. The Morgan fingerprint density at radius 1 is 1.32 bits per heavy atom. The molecule has 132 valence electrons. The summed E-state index contributed by atoms with van der Waals surface area (Å²) in [6, 6.07) is 8.75. The molecule has 1 aromatic heterocycles. The van der Waals surface area contributed by atoms with E-state index in [2.05, 4.69) is 20.8 Å². The van der Waals surface area contributed by atoms with Crippen molar-refractivity contribution in [3.8, 4) is 5.75 Å². The summed E-state index contributed by atoms with van der Waals surface area (Å²) < 4.78 is 5.14. The SMILES string of the molecule is COc1ccc(C(CC(=O)Nc2cc(C3CC3)[nH]n2)NC(C)=O)cc1. The number of rotatable bonds is 7. The zero-order valence-corrected chi connectivity index (χ0v) is 14.3. The number of nitrogens with one attached hydrogen (secondary N) is 3. The monoisotopic (exact) mass is 342 g/mol. The second-order valence-corrected chi connectivity index (χ2v) is 6.26. The van der Waals surface area contributed by atoms with Crippen molar-refractivity contribution in [3.63, 3.8) is 0 Å². The zero-order chi connectivity index (χ0) is 17.8. The maximum absolute atomic E-state index is 12.4. The highest BCUT2D eigenvalue weighted by molar-refractivity contribution is 5.90. The molecule has 0 aliphatic heterocycles. The molecule has 1 unspecified atom stereocenters. The molecule has 0 spiro atoms. The molecule has 0 bridgehead atoms. The van der Waals surface area contributed by atoms with Gasteiger partial charge in [0.1, 0.15) is 5.75 Å². The highest BCUT2D eigenvalue weighted by atomic mass is 16.5. The molecule has 2 amide bonds. The highest BCUT2D eigenvalue weighted by Crippen LogP contribution is 2.39. The Kier molecular flexibility index (Phi) is 5.02. The molecule has 7 nitrogen and oxygen atoms in total. The van der Waals surface area contributed by atoms with E-state index in [0.29, 0.717) is 11.7 Å². The van der Waals surface area contributed by atoms with E-state index in [1.807, 2.05) is 18.2 Å². The fraction of sp³-hybridized carbons (Fsp3) is 0.389. The van der Waals surface area contributed by atoms with Crippen molar-refractivity contribution in [3.05, 3.63) is 41.6 Å². The Hall–Kier alpha value is -2.83. The van der Waals surface area contributed by atoms with Crippen LogP contribution in [0.4, 0.5) is 5.82 Å². The Morgan fingerprint density at radius 3 is 2.64 bits per heavy atom. The lowest BCUT2D eigenvalue weighted by Gasteiger charge is -2.18. The molecular formula is C18H22N4O3. The third kappa shape index (κ3) is 4.59. The number of carbonyl (C=O) groups excluding carboxylic acids is 2. The average Bonchev–Trinajstić information content (AvgIpc) is 3.34. The minimum absolute atomic E-state index is 0.123. The number of ether oxygens (including phenoxy) is 1. The van der Waals surface area contributed by atoms with Gasteiger partial charge < -0.3 is 15.4 Å². The van der Waals surface area contributed by atoms with E-state index in [4.69, 9.17) is 4.74 Å². The van der Waals surface area contributed by atoms with Gasteiger partial charge >= 0.3 is 0 Å². The maximum atomic E-state index is 12.4. The van der Waals surface area contributed by atoms with Crippen molar-refractivity contribution >= 4 is 17.6 Å². The van der Waals surface area contributed by atoms with Crippen LogP contribution < -0.4 is 15.4 Å². The number of amides is 2. The Balaban J connectivity index is 1.65. The molecule has 1 saturated carbocycles. The molecule has 2 aromatic rings. The predicted octanol–water partition coefficient (Wildman–Crippen LogP) is 2.50. The molecule has 0 saturated heterocycles. The van der Waals surface area contributed by atoms with Gasteiger partial charge in [-0.05, 0) is 30.5 Å². The first kappa shape index (κ1) is 17.0. The van der Waals surface area contributed by atoms with Gasteiger partial charge in [0, 0.05) is 24.6 Å². The fourth-order valence-electron chi connectivity index (χ4n) is 2.72. The second kappa shape index (κ2) is 7.38. The summed E-state index contributed by atoms with van der Waals surface area (Å²) in [5.74, 6) is 1.39. The number of nitrogens with zero attached hydrogens (tertiary/aromatic N) is 1. The van der Waals surface area contributed by atoms with Gasteiger partial charge in [-0.25, -0.2) is 0 Å². The first-order valence-corrected chi connectivity index (χ1v) is 8.31. The largest absolute Gasteiger partial charge is 0.497 e. The van der Waals surface area contributed by atoms with Crippen LogP contribution in [0, 0.1) is 0 Å². The molecule has 1 aliphatic rings.